The lowest BCUT2D eigenvalue weighted by molar-refractivity contribution is -0.145. The molecule has 0 saturated carbocycles. The molecule has 0 aromatic carbocycles. The van der Waals surface area contributed by atoms with Crippen molar-refractivity contribution in [2.75, 3.05) is 6.61 Å². The molecule has 6 atom stereocenters. The molecule has 0 radical (unpaired) electrons. The number of hydrogen-bond acceptors (Lipinski definition) is 7. The maximum atomic E-state index is 12.7. The number of aliphatic hydroxyl groups excluding tert-OH is 2. The van der Waals surface area contributed by atoms with Crippen LogP contribution < -0.4 is 21.7 Å². The van der Waals surface area contributed by atoms with Crippen LogP contribution in [0.2, 0.25) is 0 Å². The zero-order valence-corrected chi connectivity index (χ0v) is 18.2. The van der Waals surface area contributed by atoms with E-state index in [1.165, 1.54) is 6.92 Å². The third-order valence-corrected chi connectivity index (χ3v) is 4.72. The van der Waals surface area contributed by atoms with E-state index in [0.717, 1.165) is 0 Å². The van der Waals surface area contributed by atoms with Gasteiger partial charge < -0.3 is 37.0 Å². The average molecular weight is 433 g/mol. The summed E-state index contributed by atoms with van der Waals surface area (Å²) in [6.45, 7) is 7.75. The monoisotopic (exact) mass is 432 g/mol. The van der Waals surface area contributed by atoms with Gasteiger partial charge in [-0.2, -0.15) is 0 Å². The number of hydrogen-bond donors (Lipinski definition) is 7. The largest absolute Gasteiger partial charge is 0.480 e. The van der Waals surface area contributed by atoms with E-state index < -0.39 is 60.6 Å². The number of aliphatic carboxylic acids is 1. The highest BCUT2D eigenvalue weighted by atomic mass is 16.4. The van der Waals surface area contributed by atoms with E-state index in [4.69, 9.17) is 10.8 Å². The minimum atomic E-state index is -1.61. The number of carbonyl (C=O) groups is 4. The van der Waals surface area contributed by atoms with E-state index in [1.54, 1.807) is 6.92 Å². The molecule has 0 rings (SSSR count). The van der Waals surface area contributed by atoms with Crippen LogP contribution in [-0.2, 0) is 19.2 Å². The first-order chi connectivity index (χ1) is 13.8. The molecule has 0 heterocycles. The van der Waals surface area contributed by atoms with Crippen molar-refractivity contribution in [1.82, 2.24) is 16.0 Å². The molecule has 6 unspecified atom stereocenters. The SMILES string of the molecule is CCC(C)C(NC(=O)C(N)CC(C)C)C(=O)NC(CO)C(=O)NC(C(=O)O)C(C)O. The van der Waals surface area contributed by atoms with Crippen LogP contribution in [0.1, 0.15) is 47.5 Å². The third-order valence-electron chi connectivity index (χ3n) is 4.72. The third kappa shape index (κ3) is 9.06. The van der Waals surface area contributed by atoms with Crippen LogP contribution in [0.5, 0.6) is 0 Å². The van der Waals surface area contributed by atoms with Crippen molar-refractivity contribution >= 4 is 23.7 Å². The molecule has 0 spiro atoms. The summed E-state index contributed by atoms with van der Waals surface area (Å²) in [5.74, 6) is -3.79. The van der Waals surface area contributed by atoms with Crippen molar-refractivity contribution in [1.29, 1.82) is 0 Å². The van der Waals surface area contributed by atoms with Gasteiger partial charge in [0, 0.05) is 0 Å². The molecule has 8 N–H and O–H groups in total. The summed E-state index contributed by atoms with van der Waals surface area (Å²) in [4.78, 5) is 48.5. The molecule has 11 nitrogen and oxygen atoms in total. The summed E-state index contributed by atoms with van der Waals surface area (Å²) >= 11 is 0. The van der Waals surface area contributed by atoms with Gasteiger partial charge in [0.2, 0.25) is 17.7 Å². The summed E-state index contributed by atoms with van der Waals surface area (Å²) < 4.78 is 0. The number of carboxylic acid groups (broad SMARTS) is 1. The van der Waals surface area contributed by atoms with Gasteiger partial charge in [-0.05, 0) is 25.2 Å². The molecule has 0 aliphatic carbocycles. The molecule has 174 valence electrons. The highest BCUT2D eigenvalue weighted by Crippen LogP contribution is 2.10. The van der Waals surface area contributed by atoms with E-state index in [1.807, 2.05) is 20.8 Å². The Morgan fingerprint density at radius 2 is 1.43 bits per heavy atom. The Morgan fingerprint density at radius 3 is 1.83 bits per heavy atom. The number of carbonyl (C=O) groups excluding carboxylic acids is 3. The maximum Gasteiger partial charge on any atom is 0.328 e. The van der Waals surface area contributed by atoms with Crippen LogP contribution in [0.3, 0.4) is 0 Å². The van der Waals surface area contributed by atoms with Crippen LogP contribution in [0.4, 0.5) is 0 Å². The Bertz CT molecular complexity index is 597. The second kappa shape index (κ2) is 13.1. The lowest BCUT2D eigenvalue weighted by Crippen LogP contribution is -2.60. The van der Waals surface area contributed by atoms with Crippen molar-refractivity contribution in [3.63, 3.8) is 0 Å². The molecule has 3 amide bonds. The Morgan fingerprint density at radius 1 is 0.900 bits per heavy atom. The molecule has 0 aromatic rings. The van der Waals surface area contributed by atoms with Crippen LogP contribution >= 0.6 is 0 Å². The topological polar surface area (TPSA) is 191 Å². The van der Waals surface area contributed by atoms with Crippen molar-refractivity contribution in [2.45, 2.75) is 77.7 Å². The first kappa shape index (κ1) is 27.8. The number of carboxylic acids is 1. The van der Waals surface area contributed by atoms with Gasteiger partial charge in [0.1, 0.15) is 12.1 Å². The van der Waals surface area contributed by atoms with E-state index >= 15 is 0 Å². The fraction of sp³-hybridized carbons (Fsp3) is 0.789. The van der Waals surface area contributed by atoms with Gasteiger partial charge in [-0.3, -0.25) is 14.4 Å². The van der Waals surface area contributed by atoms with Crippen LogP contribution in [0.25, 0.3) is 0 Å². The number of nitrogens with two attached hydrogens (primary N) is 1. The van der Waals surface area contributed by atoms with Gasteiger partial charge in [-0.1, -0.05) is 34.1 Å². The first-order valence-electron chi connectivity index (χ1n) is 10.0. The van der Waals surface area contributed by atoms with Crippen molar-refractivity contribution in [2.24, 2.45) is 17.6 Å². The molecule has 30 heavy (non-hydrogen) atoms. The van der Waals surface area contributed by atoms with E-state index in [-0.39, 0.29) is 11.8 Å². The molecule has 0 aliphatic heterocycles. The normalized spacial score (nSPS) is 17.2. The van der Waals surface area contributed by atoms with Gasteiger partial charge in [0.05, 0.1) is 18.8 Å². The zero-order valence-electron chi connectivity index (χ0n) is 18.2. The first-order valence-corrected chi connectivity index (χ1v) is 10.0. The minimum absolute atomic E-state index is 0.181. The standard InChI is InChI=1S/C19H36N4O7/c1-6-10(4)14(22-16(26)12(20)7-9(2)3)18(28)21-13(8-24)17(27)23-15(11(5)25)19(29)30/h9-15,24-25H,6-8,20H2,1-5H3,(H,21,28)(H,22,26)(H,23,27)(H,29,30). The number of nitrogens with one attached hydrogen (secondary N) is 3. The second-order valence-corrected chi connectivity index (χ2v) is 7.92. The molecule has 0 fully saturated rings. The highest BCUT2D eigenvalue weighted by Gasteiger charge is 2.33. The van der Waals surface area contributed by atoms with Crippen molar-refractivity contribution < 1.29 is 34.5 Å². The fourth-order valence-corrected chi connectivity index (χ4v) is 2.68. The minimum Gasteiger partial charge on any atom is -0.480 e. The second-order valence-electron chi connectivity index (χ2n) is 7.92. The molecule has 0 aromatic heterocycles. The Kier molecular flexibility index (Phi) is 12.2. The number of aliphatic hydroxyl groups is 2. The van der Waals surface area contributed by atoms with Gasteiger partial charge in [0.25, 0.3) is 0 Å². The molecule has 0 saturated heterocycles. The Hall–Kier alpha value is -2.24. The molecule has 0 bridgehead atoms. The van der Waals surface area contributed by atoms with Crippen LogP contribution in [0.15, 0.2) is 0 Å². The number of rotatable bonds is 13. The molecule has 0 aliphatic rings. The van der Waals surface area contributed by atoms with Gasteiger partial charge in [0.15, 0.2) is 6.04 Å². The summed E-state index contributed by atoms with van der Waals surface area (Å²) in [7, 11) is 0. The van der Waals surface area contributed by atoms with Gasteiger partial charge in [-0.15, -0.1) is 0 Å². The zero-order chi connectivity index (χ0) is 23.6. The van der Waals surface area contributed by atoms with Crippen LogP contribution in [-0.4, -0.2) is 75.9 Å². The lowest BCUT2D eigenvalue weighted by Gasteiger charge is -2.27. The summed E-state index contributed by atoms with van der Waals surface area (Å²) in [6, 6.07) is -4.88. The molecular weight excluding hydrogens is 396 g/mol. The van der Waals surface area contributed by atoms with Crippen molar-refractivity contribution in [3.05, 3.63) is 0 Å². The summed E-state index contributed by atoms with van der Waals surface area (Å²) in [6.07, 6.45) is -0.425. The van der Waals surface area contributed by atoms with E-state index in [9.17, 15) is 29.4 Å². The predicted octanol–water partition coefficient (Wildman–Crippen LogP) is -1.68. The smallest absolute Gasteiger partial charge is 0.328 e. The van der Waals surface area contributed by atoms with E-state index in [0.29, 0.717) is 12.8 Å². The molecule has 11 heteroatoms. The highest BCUT2D eigenvalue weighted by molar-refractivity contribution is 5.94. The van der Waals surface area contributed by atoms with Crippen LogP contribution in [0, 0.1) is 11.8 Å². The summed E-state index contributed by atoms with van der Waals surface area (Å²) in [5, 5.41) is 35.0. The maximum absolute atomic E-state index is 12.7. The molecular formula is C19H36N4O7. The summed E-state index contributed by atoms with van der Waals surface area (Å²) in [5.41, 5.74) is 5.87. The Labute approximate surface area is 176 Å². The van der Waals surface area contributed by atoms with Crippen molar-refractivity contribution in [3.8, 4) is 0 Å². The predicted molar refractivity (Wildman–Crippen MR) is 109 cm³/mol. The van der Waals surface area contributed by atoms with Gasteiger partial charge in [-0.25, -0.2) is 4.79 Å². The fourth-order valence-electron chi connectivity index (χ4n) is 2.68. The van der Waals surface area contributed by atoms with E-state index in [2.05, 4.69) is 16.0 Å². The van der Waals surface area contributed by atoms with Gasteiger partial charge >= 0.3 is 5.97 Å². The average Bonchev–Trinajstić information content (AvgIpc) is 2.65. The quantitative estimate of drug-likeness (QED) is 0.179. The number of amides is 3. The Balaban J connectivity index is 5.28. The lowest BCUT2D eigenvalue weighted by atomic mass is 9.96.